The van der Waals surface area contributed by atoms with Crippen molar-refractivity contribution in [3.8, 4) is 22.5 Å². The third-order valence-electron chi connectivity index (χ3n) is 5.85. The van der Waals surface area contributed by atoms with Gasteiger partial charge < -0.3 is 19.4 Å². The zero-order valence-electron chi connectivity index (χ0n) is 21.1. The smallest absolute Gasteiger partial charge is 0.217 e. The second kappa shape index (κ2) is 11.3. The molecule has 6 aromatic rings. The van der Waals surface area contributed by atoms with Crippen molar-refractivity contribution in [1.82, 2.24) is 19.9 Å². The molecule has 0 saturated carbocycles. The molecule has 6 rings (SSSR count). The van der Waals surface area contributed by atoms with Gasteiger partial charge in [-0.2, -0.15) is 0 Å². The first-order valence-corrected chi connectivity index (χ1v) is 15.3. The van der Waals surface area contributed by atoms with Crippen molar-refractivity contribution < 1.29 is 24.5 Å². The van der Waals surface area contributed by atoms with Crippen LogP contribution in [0.25, 0.3) is 44.7 Å². The number of hydrogen-bond acceptors (Lipinski definition) is 5. The van der Waals surface area contributed by atoms with Gasteiger partial charge in [-0.05, 0) is 52.8 Å². The summed E-state index contributed by atoms with van der Waals surface area (Å²) in [5.41, 5.74) is 6.10. The Kier molecular flexibility index (Phi) is 8.08. The molecular formula is C30H26IrN4OSi-2. The Morgan fingerprint density at radius 1 is 0.757 bits per heavy atom. The predicted octanol–water partition coefficient (Wildman–Crippen LogP) is 6.64. The predicted molar refractivity (Wildman–Crippen MR) is 148 cm³/mol. The Bertz CT molecular complexity index is 1610. The largest absolute Gasteiger partial charge is 0.467 e. The standard InChI is InChI=1S/C18H16N3OSi.C12H10N.Ir/c1-23(2,3)13-6-7-16(20-11-13)12-9-15-14-5-4-8-19-17(14)22-18(15)21-10-12;1-10-7-8-12(13-9-10)11-5-3-2-4-6-11;/h4-9,11H,1-3H3;2-5,7-9H,1H3;/q2*-1;. The molecule has 7 heteroatoms. The number of furan rings is 1. The fourth-order valence-electron chi connectivity index (χ4n) is 3.76. The first-order valence-electron chi connectivity index (χ1n) is 11.8. The van der Waals surface area contributed by atoms with Gasteiger partial charge in [0.15, 0.2) is 0 Å². The summed E-state index contributed by atoms with van der Waals surface area (Å²) in [5.74, 6) is 0. The fraction of sp³-hybridized carbons (Fsp3) is 0.133. The summed E-state index contributed by atoms with van der Waals surface area (Å²) in [6.45, 7) is 8.97. The molecule has 0 saturated heterocycles. The summed E-state index contributed by atoms with van der Waals surface area (Å²) in [6, 6.07) is 25.2. The van der Waals surface area contributed by atoms with Crippen LogP contribution in [0.15, 0.2) is 89.7 Å². The zero-order chi connectivity index (χ0) is 25.1. The van der Waals surface area contributed by atoms with Crippen LogP contribution in [-0.4, -0.2) is 28.0 Å². The number of aromatic nitrogens is 4. The molecule has 0 unspecified atom stereocenters. The van der Waals surface area contributed by atoms with E-state index in [0.717, 1.165) is 33.3 Å². The van der Waals surface area contributed by atoms with Crippen LogP contribution in [0.4, 0.5) is 0 Å². The van der Waals surface area contributed by atoms with Crippen LogP contribution in [0, 0.1) is 19.2 Å². The van der Waals surface area contributed by atoms with E-state index in [9.17, 15) is 0 Å². The molecule has 1 radical (unpaired) electrons. The second-order valence-electron chi connectivity index (χ2n) is 9.64. The van der Waals surface area contributed by atoms with Crippen molar-refractivity contribution >= 4 is 35.5 Å². The van der Waals surface area contributed by atoms with Gasteiger partial charge in [0.1, 0.15) is 5.71 Å². The second-order valence-corrected chi connectivity index (χ2v) is 14.7. The summed E-state index contributed by atoms with van der Waals surface area (Å²) in [5, 5.41) is 3.25. The fourth-order valence-corrected chi connectivity index (χ4v) is 4.79. The van der Waals surface area contributed by atoms with Crippen LogP contribution in [-0.2, 0) is 20.1 Å². The van der Waals surface area contributed by atoms with E-state index < -0.39 is 8.07 Å². The summed E-state index contributed by atoms with van der Waals surface area (Å²) in [6.07, 6.45) is 8.59. The number of benzene rings is 1. The van der Waals surface area contributed by atoms with Gasteiger partial charge in [0.05, 0.1) is 8.07 Å². The summed E-state index contributed by atoms with van der Waals surface area (Å²) in [7, 11) is -1.34. The van der Waals surface area contributed by atoms with Gasteiger partial charge >= 0.3 is 0 Å². The van der Waals surface area contributed by atoms with Crippen LogP contribution in [0.2, 0.25) is 19.6 Å². The van der Waals surface area contributed by atoms with E-state index in [1.807, 2.05) is 73.9 Å². The van der Waals surface area contributed by atoms with E-state index in [-0.39, 0.29) is 20.1 Å². The molecule has 1 aromatic carbocycles. The number of pyridine rings is 4. The van der Waals surface area contributed by atoms with Gasteiger partial charge in [-0.15, -0.1) is 47.5 Å². The minimum Gasteiger partial charge on any atom is -0.467 e. The van der Waals surface area contributed by atoms with Crippen molar-refractivity contribution in [3.63, 3.8) is 0 Å². The van der Waals surface area contributed by atoms with Gasteiger partial charge in [-0.1, -0.05) is 43.9 Å². The van der Waals surface area contributed by atoms with Crippen molar-refractivity contribution in [3.05, 3.63) is 103 Å². The summed E-state index contributed by atoms with van der Waals surface area (Å²) < 4.78 is 5.64. The van der Waals surface area contributed by atoms with Crippen molar-refractivity contribution in [1.29, 1.82) is 0 Å². The van der Waals surface area contributed by atoms with Crippen LogP contribution < -0.4 is 5.19 Å². The Morgan fingerprint density at radius 3 is 2.22 bits per heavy atom. The molecule has 0 aliphatic rings. The molecular weight excluding hydrogens is 653 g/mol. The SMILES string of the molecule is C[Si](C)(C)c1ccc(-c2[c-]nc3oc4ncccc4c3c2)nc1.Cc1ccc(-c2[c-]cccc2)nc1.[Ir]. The topological polar surface area (TPSA) is 64.7 Å². The molecule has 187 valence electrons. The van der Waals surface area contributed by atoms with Crippen molar-refractivity contribution in [2.45, 2.75) is 26.6 Å². The molecule has 0 spiro atoms. The van der Waals surface area contributed by atoms with Gasteiger partial charge in [0, 0.05) is 44.1 Å². The van der Waals surface area contributed by atoms with Crippen LogP contribution >= 0.6 is 0 Å². The number of fused-ring (bicyclic) bond motifs is 3. The number of hydrogen-bond donors (Lipinski definition) is 0. The average molecular weight is 679 g/mol. The molecule has 5 heterocycles. The first kappa shape index (κ1) is 26.5. The monoisotopic (exact) mass is 679 g/mol. The molecule has 5 aromatic heterocycles. The van der Waals surface area contributed by atoms with Crippen molar-refractivity contribution in [2.24, 2.45) is 0 Å². The summed E-state index contributed by atoms with van der Waals surface area (Å²) in [4.78, 5) is 17.5. The molecule has 0 aliphatic carbocycles. The number of aryl methyl sites for hydroxylation is 1. The maximum Gasteiger partial charge on any atom is 0.217 e. The van der Waals surface area contributed by atoms with Gasteiger partial charge in [0.25, 0.3) is 0 Å². The molecule has 0 amide bonds. The Labute approximate surface area is 231 Å². The molecule has 5 nitrogen and oxygen atoms in total. The third-order valence-corrected chi connectivity index (χ3v) is 7.88. The van der Waals surface area contributed by atoms with Crippen LogP contribution in [0.3, 0.4) is 0 Å². The number of nitrogens with zero attached hydrogens (tertiary/aromatic N) is 4. The normalized spacial score (nSPS) is 11.0. The quantitative estimate of drug-likeness (QED) is 0.155. The molecule has 0 aliphatic heterocycles. The number of rotatable bonds is 3. The van der Waals surface area contributed by atoms with E-state index in [2.05, 4.69) is 64.0 Å². The molecule has 0 fully saturated rings. The van der Waals surface area contributed by atoms with E-state index in [1.165, 1.54) is 10.8 Å². The minimum atomic E-state index is -1.34. The Hall–Kier alpha value is -3.51. The molecule has 0 N–H and O–H groups in total. The van der Waals surface area contributed by atoms with Gasteiger partial charge in [0.2, 0.25) is 5.71 Å². The Morgan fingerprint density at radius 2 is 1.54 bits per heavy atom. The van der Waals surface area contributed by atoms with Gasteiger partial charge in [-0.3, -0.25) is 0 Å². The molecule has 0 atom stereocenters. The third kappa shape index (κ3) is 6.08. The molecule has 0 bridgehead atoms. The van der Waals surface area contributed by atoms with E-state index in [1.54, 1.807) is 6.20 Å². The van der Waals surface area contributed by atoms with E-state index >= 15 is 0 Å². The Balaban J connectivity index is 0.000000195. The minimum absolute atomic E-state index is 0. The molecule has 37 heavy (non-hydrogen) atoms. The first-order chi connectivity index (χ1) is 17.4. The van der Waals surface area contributed by atoms with Crippen molar-refractivity contribution in [2.75, 3.05) is 0 Å². The average Bonchev–Trinajstić information content (AvgIpc) is 3.28. The maximum atomic E-state index is 5.64. The van der Waals surface area contributed by atoms with Gasteiger partial charge in [-0.25, -0.2) is 4.98 Å². The van der Waals surface area contributed by atoms with Crippen LogP contribution in [0.5, 0.6) is 0 Å². The van der Waals surface area contributed by atoms with E-state index in [4.69, 9.17) is 4.42 Å². The van der Waals surface area contributed by atoms with Crippen LogP contribution in [0.1, 0.15) is 5.56 Å². The zero-order valence-corrected chi connectivity index (χ0v) is 24.5. The summed E-state index contributed by atoms with van der Waals surface area (Å²) >= 11 is 0. The van der Waals surface area contributed by atoms with E-state index in [0.29, 0.717) is 11.4 Å². The maximum absolute atomic E-state index is 5.64.